The number of piperidine rings is 1. The van der Waals surface area contributed by atoms with E-state index in [0.717, 1.165) is 18.6 Å². The molecule has 1 saturated heterocycles. The first kappa shape index (κ1) is 13.4. The van der Waals surface area contributed by atoms with Crippen molar-refractivity contribution >= 4 is 0 Å². The van der Waals surface area contributed by atoms with Crippen molar-refractivity contribution in [2.24, 2.45) is 0 Å². The van der Waals surface area contributed by atoms with E-state index in [4.69, 9.17) is 4.74 Å². The van der Waals surface area contributed by atoms with Gasteiger partial charge in [-0.15, -0.1) is 0 Å². The minimum absolute atomic E-state index is 1.04. The summed E-state index contributed by atoms with van der Waals surface area (Å²) in [5.41, 5.74) is 2.70. The fourth-order valence-electron chi connectivity index (χ4n) is 2.71. The van der Waals surface area contributed by atoms with E-state index in [9.17, 15) is 0 Å². The Morgan fingerprint density at radius 1 is 1.17 bits per heavy atom. The van der Waals surface area contributed by atoms with E-state index in [0.29, 0.717) is 0 Å². The van der Waals surface area contributed by atoms with Crippen LogP contribution in [-0.4, -0.2) is 31.6 Å². The lowest BCUT2D eigenvalue weighted by Gasteiger charge is -2.26. The number of ether oxygens (including phenoxy) is 1. The number of hydrogen-bond donors (Lipinski definition) is 0. The van der Waals surface area contributed by atoms with Crippen molar-refractivity contribution in [3.63, 3.8) is 0 Å². The van der Waals surface area contributed by atoms with Crippen LogP contribution in [0.4, 0.5) is 0 Å². The third kappa shape index (κ3) is 3.49. The predicted octanol–water partition coefficient (Wildman–Crippen LogP) is 3.29. The van der Waals surface area contributed by atoms with Crippen LogP contribution >= 0.6 is 0 Å². The van der Waals surface area contributed by atoms with Gasteiger partial charge in [0.05, 0.1) is 7.11 Å². The number of hydrogen-bond acceptors (Lipinski definition) is 2. The van der Waals surface area contributed by atoms with Crippen LogP contribution < -0.4 is 4.74 Å². The van der Waals surface area contributed by atoms with Gasteiger partial charge in [-0.3, -0.25) is 0 Å². The predicted molar refractivity (Wildman–Crippen MR) is 76.4 cm³/mol. The third-order valence-electron chi connectivity index (χ3n) is 3.90. The second-order valence-corrected chi connectivity index (χ2v) is 5.15. The number of nitrogens with zero attached hydrogens (tertiary/aromatic N) is 1. The molecule has 1 aliphatic heterocycles. The molecular formula is C16H25NO. The zero-order valence-corrected chi connectivity index (χ0v) is 11.7. The monoisotopic (exact) mass is 247 g/mol. The Morgan fingerprint density at radius 3 is 2.61 bits per heavy atom. The molecule has 0 aromatic heterocycles. The molecule has 0 unspecified atom stereocenters. The van der Waals surface area contributed by atoms with Gasteiger partial charge in [0.25, 0.3) is 0 Å². The van der Waals surface area contributed by atoms with E-state index in [1.807, 2.05) is 0 Å². The Kier molecular flexibility index (Phi) is 5.06. The molecule has 0 saturated carbocycles. The van der Waals surface area contributed by atoms with Crippen LogP contribution in [0.15, 0.2) is 18.2 Å². The molecule has 18 heavy (non-hydrogen) atoms. The minimum Gasteiger partial charge on any atom is -0.496 e. The van der Waals surface area contributed by atoms with Crippen LogP contribution in [0.3, 0.4) is 0 Å². The van der Waals surface area contributed by atoms with E-state index in [-0.39, 0.29) is 0 Å². The van der Waals surface area contributed by atoms with Gasteiger partial charge in [0.1, 0.15) is 5.75 Å². The lowest BCUT2D eigenvalue weighted by atomic mass is 10.0. The summed E-state index contributed by atoms with van der Waals surface area (Å²) in [6.07, 6.45) is 6.33. The molecule has 1 fully saturated rings. The molecule has 100 valence electrons. The zero-order valence-electron chi connectivity index (χ0n) is 11.7. The van der Waals surface area contributed by atoms with Crippen LogP contribution in [-0.2, 0) is 12.8 Å². The fourth-order valence-corrected chi connectivity index (χ4v) is 2.71. The lowest BCUT2D eigenvalue weighted by molar-refractivity contribution is 0.231. The molecular weight excluding hydrogens is 222 g/mol. The zero-order chi connectivity index (χ0) is 12.8. The number of rotatable bonds is 5. The first-order valence-electron chi connectivity index (χ1n) is 7.21. The van der Waals surface area contributed by atoms with Gasteiger partial charge in [0, 0.05) is 6.54 Å². The van der Waals surface area contributed by atoms with E-state index in [1.54, 1.807) is 7.11 Å². The highest BCUT2D eigenvalue weighted by molar-refractivity contribution is 5.37. The van der Waals surface area contributed by atoms with Crippen molar-refractivity contribution in [3.8, 4) is 5.75 Å². The molecule has 0 atom stereocenters. The van der Waals surface area contributed by atoms with Gasteiger partial charge in [0.15, 0.2) is 0 Å². The van der Waals surface area contributed by atoms with Crippen molar-refractivity contribution in [3.05, 3.63) is 29.3 Å². The molecule has 0 bridgehead atoms. The Hall–Kier alpha value is -1.02. The third-order valence-corrected chi connectivity index (χ3v) is 3.90. The summed E-state index contributed by atoms with van der Waals surface area (Å²) in [7, 11) is 1.77. The van der Waals surface area contributed by atoms with Crippen molar-refractivity contribution in [1.82, 2.24) is 4.90 Å². The topological polar surface area (TPSA) is 12.5 Å². The highest BCUT2D eigenvalue weighted by atomic mass is 16.5. The minimum atomic E-state index is 1.04. The summed E-state index contributed by atoms with van der Waals surface area (Å²) in [5.74, 6) is 1.05. The molecule has 0 radical (unpaired) electrons. The van der Waals surface area contributed by atoms with Crippen LogP contribution in [0.25, 0.3) is 0 Å². The first-order chi connectivity index (χ1) is 8.83. The largest absolute Gasteiger partial charge is 0.496 e. The van der Waals surface area contributed by atoms with Gasteiger partial charge < -0.3 is 9.64 Å². The van der Waals surface area contributed by atoms with Crippen molar-refractivity contribution < 1.29 is 4.74 Å². The van der Waals surface area contributed by atoms with Crippen LogP contribution in [0.2, 0.25) is 0 Å². The number of likely N-dealkylation sites (tertiary alicyclic amines) is 1. The van der Waals surface area contributed by atoms with Crippen LogP contribution in [0, 0.1) is 0 Å². The maximum Gasteiger partial charge on any atom is 0.122 e. The van der Waals surface area contributed by atoms with Gasteiger partial charge in [-0.1, -0.05) is 25.5 Å². The summed E-state index contributed by atoms with van der Waals surface area (Å²) in [4.78, 5) is 2.59. The molecule has 0 spiro atoms. The number of methoxy groups -OCH3 is 1. The maximum atomic E-state index is 5.46. The van der Waals surface area contributed by atoms with E-state index >= 15 is 0 Å². The molecule has 1 aromatic rings. The van der Waals surface area contributed by atoms with Gasteiger partial charge >= 0.3 is 0 Å². The van der Waals surface area contributed by atoms with Gasteiger partial charge in [-0.05, 0) is 56.0 Å². The molecule has 2 rings (SSSR count). The molecule has 2 nitrogen and oxygen atoms in total. The fraction of sp³-hybridized carbons (Fsp3) is 0.625. The van der Waals surface area contributed by atoms with Crippen molar-refractivity contribution in [2.75, 3.05) is 26.7 Å². The Morgan fingerprint density at radius 2 is 1.94 bits per heavy atom. The van der Waals surface area contributed by atoms with E-state index in [1.165, 1.54) is 50.0 Å². The Bertz CT molecular complexity index is 369. The molecule has 1 aliphatic rings. The summed E-state index contributed by atoms with van der Waals surface area (Å²) in [6.45, 7) is 5.92. The summed E-state index contributed by atoms with van der Waals surface area (Å²) in [5, 5.41) is 0. The quantitative estimate of drug-likeness (QED) is 0.791. The molecule has 1 aromatic carbocycles. The summed E-state index contributed by atoms with van der Waals surface area (Å²) >= 11 is 0. The second kappa shape index (κ2) is 6.79. The van der Waals surface area contributed by atoms with Crippen molar-refractivity contribution in [1.29, 1.82) is 0 Å². The number of aryl methyl sites for hydroxylation is 1. The van der Waals surface area contributed by atoms with Gasteiger partial charge in [-0.25, -0.2) is 0 Å². The highest BCUT2D eigenvalue weighted by Gasteiger charge is 2.10. The molecule has 1 heterocycles. The Labute approximate surface area is 111 Å². The van der Waals surface area contributed by atoms with Crippen LogP contribution in [0.5, 0.6) is 5.75 Å². The normalized spacial score (nSPS) is 16.8. The maximum absolute atomic E-state index is 5.46. The highest BCUT2D eigenvalue weighted by Crippen LogP contribution is 2.21. The van der Waals surface area contributed by atoms with Gasteiger partial charge in [-0.2, -0.15) is 0 Å². The average Bonchev–Trinajstić information content (AvgIpc) is 2.45. The second-order valence-electron chi connectivity index (χ2n) is 5.15. The van der Waals surface area contributed by atoms with Gasteiger partial charge in [0.2, 0.25) is 0 Å². The average molecular weight is 247 g/mol. The molecule has 0 aliphatic carbocycles. The lowest BCUT2D eigenvalue weighted by Crippen LogP contribution is -2.31. The van der Waals surface area contributed by atoms with E-state index < -0.39 is 0 Å². The smallest absolute Gasteiger partial charge is 0.122 e. The first-order valence-corrected chi connectivity index (χ1v) is 7.21. The molecule has 0 amide bonds. The number of benzene rings is 1. The Balaban J connectivity index is 1.92. The standard InChI is InChI=1S/C16H25NO/c1-3-15-8-7-14(13-16(15)18-2)9-12-17-10-5-4-6-11-17/h7-8,13H,3-6,9-12H2,1-2H3. The molecule has 2 heteroatoms. The summed E-state index contributed by atoms with van der Waals surface area (Å²) < 4.78 is 5.46. The SMILES string of the molecule is CCc1ccc(CCN2CCCCC2)cc1OC. The summed E-state index contributed by atoms with van der Waals surface area (Å²) in [6, 6.07) is 6.68. The van der Waals surface area contributed by atoms with Crippen molar-refractivity contribution in [2.45, 2.75) is 39.0 Å². The van der Waals surface area contributed by atoms with E-state index in [2.05, 4.69) is 30.0 Å². The van der Waals surface area contributed by atoms with Crippen LogP contribution in [0.1, 0.15) is 37.3 Å². The molecule has 0 N–H and O–H groups in total.